The molecule has 2 atom stereocenters. The first-order chi connectivity index (χ1) is 27.0. The van der Waals surface area contributed by atoms with E-state index in [0.717, 1.165) is 77.0 Å². The Morgan fingerprint density at radius 3 is 2.39 bits per heavy atom. The molecular weight excluding hydrogens is 737 g/mol. The molecule has 298 valence electrons. The van der Waals surface area contributed by atoms with Crippen molar-refractivity contribution in [1.82, 2.24) is 19.7 Å². The summed E-state index contributed by atoms with van der Waals surface area (Å²) in [7, 11) is 1.63. The van der Waals surface area contributed by atoms with Crippen LogP contribution >= 0.6 is 11.3 Å². The molecule has 3 aromatic heterocycles. The first-order valence-electron chi connectivity index (χ1n) is 20.0. The van der Waals surface area contributed by atoms with Crippen molar-refractivity contribution in [3.05, 3.63) is 82.8 Å². The molecule has 12 heteroatoms. The maximum absolute atomic E-state index is 13.8. The zero-order chi connectivity index (χ0) is 40.1. The molecule has 0 saturated heterocycles. The highest BCUT2D eigenvalue weighted by Crippen LogP contribution is 2.72. The highest BCUT2D eigenvalue weighted by molar-refractivity contribution is 7.22. The van der Waals surface area contributed by atoms with E-state index >= 15 is 0 Å². The van der Waals surface area contributed by atoms with Crippen molar-refractivity contribution in [2.45, 2.75) is 111 Å². The van der Waals surface area contributed by atoms with E-state index in [9.17, 15) is 14.7 Å². The van der Waals surface area contributed by atoms with Crippen LogP contribution in [-0.2, 0) is 24.2 Å². The van der Waals surface area contributed by atoms with Gasteiger partial charge < -0.3 is 19.5 Å². The summed E-state index contributed by atoms with van der Waals surface area (Å²) >= 11 is 1.43. The molecule has 0 radical (unpaired) electrons. The third kappa shape index (κ3) is 6.78. The zero-order valence-electron chi connectivity index (χ0n) is 34.0. The number of benzene rings is 2. The molecule has 4 aliphatic carbocycles. The van der Waals surface area contributed by atoms with Crippen LogP contribution in [0.1, 0.15) is 111 Å². The Bertz CT molecular complexity index is 2390. The molecule has 10 rings (SSSR count). The van der Waals surface area contributed by atoms with Crippen molar-refractivity contribution in [3.63, 3.8) is 0 Å². The second-order valence-electron chi connectivity index (χ2n) is 19.1. The van der Waals surface area contributed by atoms with Gasteiger partial charge in [-0.3, -0.25) is 14.8 Å². The number of para-hydroxylation sites is 1. The third-order valence-corrected chi connectivity index (χ3v) is 13.8. The number of nitrogens with one attached hydrogen (secondary N) is 1. The number of nitrogens with zero attached hydrogens (tertiary/aromatic N) is 5. The molecule has 5 aliphatic rings. The number of anilines is 2. The van der Waals surface area contributed by atoms with Crippen LogP contribution in [0.15, 0.2) is 54.7 Å². The maximum Gasteiger partial charge on any atom is 0.355 e. The van der Waals surface area contributed by atoms with Crippen molar-refractivity contribution in [2.24, 2.45) is 16.2 Å². The lowest BCUT2D eigenvalue weighted by Crippen LogP contribution is -2.65. The number of carboxylic acid groups (broad SMARTS) is 1. The topological polar surface area (TPSA) is 132 Å². The first kappa shape index (κ1) is 37.7. The van der Waals surface area contributed by atoms with Gasteiger partial charge in [-0.05, 0) is 131 Å². The van der Waals surface area contributed by atoms with Crippen molar-refractivity contribution < 1.29 is 24.2 Å². The molecule has 57 heavy (non-hydrogen) atoms. The van der Waals surface area contributed by atoms with E-state index in [1.807, 2.05) is 60.5 Å². The molecule has 0 spiro atoms. The van der Waals surface area contributed by atoms with E-state index in [1.165, 1.54) is 17.8 Å². The predicted octanol–water partition coefficient (Wildman–Crippen LogP) is 9.32. The number of hydrogen-bond acceptors (Lipinski definition) is 9. The second kappa shape index (κ2) is 13.1. The van der Waals surface area contributed by atoms with Crippen LogP contribution in [0.2, 0.25) is 0 Å². The molecule has 2 aromatic carbocycles. The number of fused-ring (bicyclic) bond motifs is 2. The monoisotopic (exact) mass is 788 g/mol. The van der Waals surface area contributed by atoms with Crippen LogP contribution in [0.25, 0.3) is 21.3 Å². The van der Waals surface area contributed by atoms with E-state index in [1.54, 1.807) is 13.2 Å². The Kier molecular flexibility index (Phi) is 8.68. The van der Waals surface area contributed by atoms with Crippen molar-refractivity contribution in [2.75, 3.05) is 23.9 Å². The number of hydrogen-bond donors (Lipinski definition) is 2. The number of aromatic carboxylic acids is 1. The summed E-state index contributed by atoms with van der Waals surface area (Å²) < 4.78 is 15.8. The SMILES string of the molecule is COc1ccc(C(=O)Nc2nc3ccccc3s2)c2c1CCN(c1ccc(-c3cnn(CC45CC6(C)CC(C)(C4)CC(OC(C)(C)C)(C6)C5)c3C)c(C(=O)O)n1)C2. The highest BCUT2D eigenvalue weighted by atomic mass is 32.1. The number of amides is 1. The number of ether oxygens (including phenoxy) is 2. The molecule has 2 N–H and O–H groups in total. The van der Waals surface area contributed by atoms with Crippen LogP contribution in [0.5, 0.6) is 5.75 Å². The normalized spacial score (nSPS) is 26.5. The van der Waals surface area contributed by atoms with Crippen LogP contribution in [-0.4, -0.2) is 61.6 Å². The highest BCUT2D eigenvalue weighted by Gasteiger charge is 2.66. The van der Waals surface area contributed by atoms with Gasteiger partial charge >= 0.3 is 5.97 Å². The van der Waals surface area contributed by atoms with Crippen molar-refractivity contribution >= 4 is 44.4 Å². The van der Waals surface area contributed by atoms with Gasteiger partial charge in [-0.25, -0.2) is 14.8 Å². The molecular formula is C45H52N6O5S. The summed E-state index contributed by atoms with van der Waals surface area (Å²) in [4.78, 5) is 38.1. The molecule has 4 heterocycles. The number of aromatic nitrogens is 4. The molecule has 4 fully saturated rings. The fourth-order valence-corrected chi connectivity index (χ4v) is 13.1. The lowest BCUT2D eigenvalue weighted by molar-refractivity contribution is -0.275. The molecule has 4 bridgehead atoms. The van der Waals surface area contributed by atoms with E-state index in [-0.39, 0.29) is 39.0 Å². The summed E-state index contributed by atoms with van der Waals surface area (Å²) in [5.41, 5.74) is 5.49. The molecule has 1 amide bonds. The van der Waals surface area contributed by atoms with Crippen LogP contribution in [0.3, 0.4) is 0 Å². The molecule has 11 nitrogen and oxygen atoms in total. The Morgan fingerprint density at radius 2 is 1.68 bits per heavy atom. The van der Waals surface area contributed by atoms with Crippen LogP contribution < -0.4 is 15.0 Å². The van der Waals surface area contributed by atoms with Crippen LogP contribution in [0, 0.1) is 23.2 Å². The largest absolute Gasteiger partial charge is 0.496 e. The number of pyridine rings is 1. The first-order valence-corrected chi connectivity index (χ1v) is 20.9. The lowest BCUT2D eigenvalue weighted by atomic mass is 9.39. The molecule has 2 unspecified atom stereocenters. The quantitative estimate of drug-likeness (QED) is 0.150. The standard InChI is InChI=1S/C45H52N6O5S/c1-27-31(18-46-51(27)26-44-21-42(5)20-43(6,22-44)24-45(23-42,25-44)56-41(2,3)4)29-13-15-36(48-37(29)39(53)54)50-17-16-28-32(19-50)30(12-14-34(28)55-7)38(52)49-40-47-33-10-8-9-11-35(33)57-40/h8-15,18H,16-17,19-26H2,1-7H3,(H,53,54)(H,47,49,52). The van der Waals surface area contributed by atoms with Gasteiger partial charge in [0.2, 0.25) is 0 Å². The van der Waals surface area contributed by atoms with Crippen LogP contribution in [0.4, 0.5) is 10.9 Å². The molecule has 4 saturated carbocycles. The third-order valence-electron chi connectivity index (χ3n) is 12.8. The maximum atomic E-state index is 13.8. The number of carbonyl (C=O) groups is 2. The van der Waals surface area contributed by atoms with Gasteiger partial charge in [0.25, 0.3) is 5.91 Å². The Hall–Kier alpha value is -4.81. The van der Waals surface area contributed by atoms with Gasteiger partial charge in [0, 0.05) is 47.6 Å². The summed E-state index contributed by atoms with van der Waals surface area (Å²) in [6.45, 7) is 15.2. The Labute approximate surface area is 337 Å². The van der Waals surface area contributed by atoms with E-state index < -0.39 is 5.97 Å². The van der Waals surface area contributed by atoms with Crippen molar-refractivity contribution in [3.8, 4) is 16.9 Å². The average Bonchev–Trinajstić information content (AvgIpc) is 3.69. The molecule has 5 aromatic rings. The predicted molar refractivity (Wildman–Crippen MR) is 222 cm³/mol. The van der Waals surface area contributed by atoms with E-state index in [0.29, 0.717) is 41.6 Å². The summed E-state index contributed by atoms with van der Waals surface area (Å²) in [5.74, 6) is -0.106. The van der Waals surface area contributed by atoms with E-state index in [4.69, 9.17) is 19.6 Å². The van der Waals surface area contributed by atoms with Gasteiger partial charge in [-0.15, -0.1) is 0 Å². The van der Waals surface area contributed by atoms with E-state index in [2.05, 4.69) is 49.6 Å². The van der Waals surface area contributed by atoms with Gasteiger partial charge in [-0.1, -0.05) is 37.3 Å². The minimum Gasteiger partial charge on any atom is -0.496 e. The van der Waals surface area contributed by atoms with Gasteiger partial charge in [-0.2, -0.15) is 5.10 Å². The average molecular weight is 789 g/mol. The number of carboxylic acids is 1. The fraction of sp³-hybridized carbons (Fsp3) is 0.489. The Balaban J connectivity index is 0.991. The van der Waals surface area contributed by atoms with Gasteiger partial charge in [0.05, 0.1) is 34.7 Å². The fourth-order valence-electron chi connectivity index (χ4n) is 12.3. The van der Waals surface area contributed by atoms with Gasteiger partial charge in [0.15, 0.2) is 10.8 Å². The Morgan fingerprint density at radius 1 is 0.930 bits per heavy atom. The number of rotatable bonds is 9. The number of carbonyl (C=O) groups excluding carboxylic acids is 1. The smallest absolute Gasteiger partial charge is 0.355 e. The lowest BCUT2D eigenvalue weighted by Gasteiger charge is -2.70. The zero-order valence-corrected chi connectivity index (χ0v) is 34.8. The van der Waals surface area contributed by atoms with Gasteiger partial charge in [0.1, 0.15) is 11.6 Å². The summed E-state index contributed by atoms with van der Waals surface area (Å²) in [6, 6.07) is 15.2. The number of methoxy groups -OCH3 is 1. The molecule has 1 aliphatic heterocycles. The number of thiazole rings is 1. The minimum atomic E-state index is -1.10. The minimum absolute atomic E-state index is 0.0206. The summed E-state index contributed by atoms with van der Waals surface area (Å²) in [5, 5.41) is 19.0. The second-order valence-corrected chi connectivity index (χ2v) is 20.2. The summed E-state index contributed by atoms with van der Waals surface area (Å²) in [6.07, 6.45) is 9.15. The van der Waals surface area contributed by atoms with Crippen molar-refractivity contribution in [1.29, 1.82) is 0 Å².